The summed E-state index contributed by atoms with van der Waals surface area (Å²) in [6.45, 7) is 6.10. The molecule has 1 aliphatic rings. The highest BCUT2D eigenvalue weighted by Crippen LogP contribution is 2.30. The number of hydrogen-bond donors (Lipinski definition) is 1. The molecule has 1 N–H and O–H groups in total. The first-order chi connectivity index (χ1) is 14.9. The van der Waals surface area contributed by atoms with Crippen molar-refractivity contribution in [2.24, 2.45) is 5.92 Å². The standard InChI is InChI=1S/C23H27F3N2O3S/c1-15-12-16(2)21(17(3)13-15)32(30,31)28-10-8-19(9-11-28)22(29)27-14-18-4-6-20(7-5-18)23(24,25)26/h4-7,12-13,19H,8-11,14H2,1-3H3,(H,27,29). The van der Waals surface area contributed by atoms with Crippen molar-refractivity contribution in [2.75, 3.05) is 13.1 Å². The van der Waals surface area contributed by atoms with Crippen molar-refractivity contribution in [2.45, 2.75) is 51.2 Å². The zero-order valence-electron chi connectivity index (χ0n) is 18.3. The smallest absolute Gasteiger partial charge is 0.352 e. The van der Waals surface area contributed by atoms with E-state index in [9.17, 15) is 26.4 Å². The third-order valence-corrected chi connectivity index (χ3v) is 7.98. The van der Waals surface area contributed by atoms with E-state index in [2.05, 4.69) is 5.32 Å². The summed E-state index contributed by atoms with van der Waals surface area (Å²) in [7, 11) is -3.65. The van der Waals surface area contributed by atoms with Gasteiger partial charge in [0.1, 0.15) is 0 Å². The molecule has 0 aromatic heterocycles. The van der Waals surface area contributed by atoms with Gasteiger partial charge in [0.15, 0.2) is 0 Å². The number of aryl methyl sites for hydroxylation is 3. The normalized spacial score (nSPS) is 16.2. The quantitative estimate of drug-likeness (QED) is 0.710. The van der Waals surface area contributed by atoms with Crippen molar-refractivity contribution in [3.63, 3.8) is 0 Å². The van der Waals surface area contributed by atoms with E-state index in [1.165, 1.54) is 16.4 Å². The summed E-state index contributed by atoms with van der Waals surface area (Å²) in [6, 6.07) is 8.34. The lowest BCUT2D eigenvalue weighted by atomic mass is 9.97. The molecule has 1 fully saturated rings. The molecule has 1 saturated heterocycles. The van der Waals surface area contributed by atoms with Gasteiger partial charge in [-0.1, -0.05) is 29.8 Å². The van der Waals surface area contributed by atoms with E-state index in [-0.39, 0.29) is 31.5 Å². The topological polar surface area (TPSA) is 66.5 Å². The maximum Gasteiger partial charge on any atom is 0.416 e. The number of amides is 1. The number of nitrogens with zero attached hydrogens (tertiary/aromatic N) is 1. The predicted octanol–water partition coefficient (Wildman–Crippen LogP) is 4.35. The summed E-state index contributed by atoms with van der Waals surface area (Å²) < 4.78 is 65.7. The van der Waals surface area contributed by atoms with E-state index < -0.39 is 21.8 Å². The van der Waals surface area contributed by atoms with Crippen molar-refractivity contribution < 1.29 is 26.4 Å². The number of piperidine rings is 1. The van der Waals surface area contributed by atoms with Crippen LogP contribution in [0.1, 0.15) is 40.7 Å². The van der Waals surface area contributed by atoms with E-state index >= 15 is 0 Å². The second-order valence-corrected chi connectivity index (χ2v) is 10.2. The Morgan fingerprint density at radius 3 is 2.06 bits per heavy atom. The first kappa shape index (κ1) is 24.3. The van der Waals surface area contributed by atoms with Crippen LogP contribution in [0.15, 0.2) is 41.3 Å². The minimum Gasteiger partial charge on any atom is -0.352 e. The van der Waals surface area contributed by atoms with Crippen LogP contribution in [-0.4, -0.2) is 31.7 Å². The van der Waals surface area contributed by atoms with Gasteiger partial charge in [0.25, 0.3) is 0 Å². The Labute approximate surface area is 186 Å². The molecule has 9 heteroatoms. The molecule has 0 saturated carbocycles. The number of rotatable bonds is 5. The van der Waals surface area contributed by atoms with Gasteiger partial charge in [-0.05, 0) is 62.4 Å². The molecule has 0 unspecified atom stereocenters. The van der Waals surface area contributed by atoms with Crippen molar-refractivity contribution in [3.8, 4) is 0 Å². The number of carbonyl (C=O) groups is 1. The zero-order chi connectivity index (χ0) is 23.7. The lowest BCUT2D eigenvalue weighted by Gasteiger charge is -2.31. The molecule has 0 spiro atoms. The first-order valence-electron chi connectivity index (χ1n) is 10.4. The Hall–Kier alpha value is -2.39. The molecule has 1 amide bonds. The minimum absolute atomic E-state index is 0.122. The third kappa shape index (κ3) is 5.32. The van der Waals surface area contributed by atoms with Crippen LogP contribution in [0.3, 0.4) is 0 Å². The van der Waals surface area contributed by atoms with E-state index in [0.29, 0.717) is 34.4 Å². The maximum atomic E-state index is 13.2. The van der Waals surface area contributed by atoms with Crippen molar-refractivity contribution in [1.82, 2.24) is 9.62 Å². The van der Waals surface area contributed by atoms with Crippen LogP contribution in [0.5, 0.6) is 0 Å². The highest BCUT2D eigenvalue weighted by Gasteiger charge is 2.34. The van der Waals surface area contributed by atoms with Crippen LogP contribution in [0.2, 0.25) is 0 Å². The van der Waals surface area contributed by atoms with Gasteiger partial charge in [0.2, 0.25) is 15.9 Å². The Bertz CT molecular complexity index is 1070. The summed E-state index contributed by atoms with van der Waals surface area (Å²) in [5.74, 6) is -0.555. The molecule has 0 atom stereocenters. The van der Waals surface area contributed by atoms with Gasteiger partial charge in [0, 0.05) is 25.6 Å². The molecule has 174 valence electrons. The number of nitrogens with one attached hydrogen (secondary N) is 1. The fourth-order valence-electron chi connectivity index (χ4n) is 4.21. The summed E-state index contributed by atoms with van der Waals surface area (Å²) >= 11 is 0. The van der Waals surface area contributed by atoms with Gasteiger partial charge in [0.05, 0.1) is 10.5 Å². The van der Waals surface area contributed by atoms with Crippen LogP contribution >= 0.6 is 0 Å². The van der Waals surface area contributed by atoms with E-state index in [1.54, 1.807) is 13.8 Å². The zero-order valence-corrected chi connectivity index (χ0v) is 19.1. The van der Waals surface area contributed by atoms with Crippen LogP contribution in [0.4, 0.5) is 13.2 Å². The van der Waals surface area contributed by atoms with Crippen LogP contribution in [-0.2, 0) is 27.5 Å². The summed E-state index contributed by atoms with van der Waals surface area (Å²) in [5, 5.41) is 2.75. The average molecular weight is 469 g/mol. The largest absolute Gasteiger partial charge is 0.416 e. The van der Waals surface area contributed by atoms with E-state index in [4.69, 9.17) is 0 Å². The number of benzene rings is 2. The minimum atomic E-state index is -4.40. The van der Waals surface area contributed by atoms with Crippen molar-refractivity contribution >= 4 is 15.9 Å². The predicted molar refractivity (Wildman–Crippen MR) is 115 cm³/mol. The van der Waals surface area contributed by atoms with Crippen molar-refractivity contribution in [1.29, 1.82) is 0 Å². The van der Waals surface area contributed by atoms with Gasteiger partial charge in [-0.2, -0.15) is 17.5 Å². The van der Waals surface area contributed by atoms with Gasteiger partial charge in [-0.3, -0.25) is 4.79 Å². The second kappa shape index (κ2) is 9.23. The SMILES string of the molecule is Cc1cc(C)c(S(=O)(=O)N2CCC(C(=O)NCc3ccc(C(F)(F)F)cc3)CC2)c(C)c1. The van der Waals surface area contributed by atoms with Gasteiger partial charge in [-0.25, -0.2) is 8.42 Å². The summed E-state index contributed by atoms with van der Waals surface area (Å²) in [6.07, 6.45) is -3.62. The fourth-order valence-corrected chi connectivity index (χ4v) is 6.09. The van der Waals surface area contributed by atoms with Gasteiger partial charge < -0.3 is 5.32 Å². The van der Waals surface area contributed by atoms with Crippen molar-refractivity contribution in [3.05, 3.63) is 64.2 Å². The molecule has 1 aliphatic heterocycles. The molecule has 1 heterocycles. The van der Waals surface area contributed by atoms with Crippen LogP contribution in [0, 0.1) is 26.7 Å². The molecule has 0 bridgehead atoms. The number of sulfonamides is 1. The Morgan fingerprint density at radius 1 is 1.03 bits per heavy atom. The van der Waals surface area contributed by atoms with E-state index in [0.717, 1.165) is 17.7 Å². The third-order valence-electron chi connectivity index (χ3n) is 5.78. The van der Waals surface area contributed by atoms with Gasteiger partial charge in [-0.15, -0.1) is 0 Å². The highest BCUT2D eigenvalue weighted by atomic mass is 32.2. The Kier molecular flexibility index (Phi) is 7.00. The average Bonchev–Trinajstić information content (AvgIpc) is 2.70. The Balaban J connectivity index is 1.58. The second-order valence-electron chi connectivity index (χ2n) is 8.32. The number of hydrogen-bond acceptors (Lipinski definition) is 3. The summed E-state index contributed by atoms with van der Waals surface area (Å²) in [5.41, 5.74) is 2.25. The first-order valence-corrected chi connectivity index (χ1v) is 11.9. The van der Waals surface area contributed by atoms with E-state index in [1.807, 2.05) is 19.1 Å². The lowest BCUT2D eigenvalue weighted by molar-refractivity contribution is -0.137. The highest BCUT2D eigenvalue weighted by molar-refractivity contribution is 7.89. The number of halogens is 3. The van der Waals surface area contributed by atoms with Gasteiger partial charge >= 0.3 is 6.18 Å². The van der Waals surface area contributed by atoms with Crippen LogP contribution in [0.25, 0.3) is 0 Å². The molecular formula is C23H27F3N2O3S. The fraction of sp³-hybridized carbons (Fsp3) is 0.435. The molecular weight excluding hydrogens is 441 g/mol. The molecule has 2 aromatic rings. The number of carbonyl (C=O) groups excluding carboxylic acids is 1. The molecule has 3 rings (SSSR count). The molecule has 5 nitrogen and oxygen atoms in total. The summed E-state index contributed by atoms with van der Waals surface area (Å²) in [4.78, 5) is 12.8. The molecule has 0 radical (unpaired) electrons. The number of alkyl halides is 3. The molecule has 2 aromatic carbocycles. The monoisotopic (exact) mass is 468 g/mol. The van der Waals surface area contributed by atoms with Crippen LogP contribution < -0.4 is 5.32 Å². The molecule has 32 heavy (non-hydrogen) atoms. The lowest BCUT2D eigenvalue weighted by Crippen LogP contribution is -2.43. The molecule has 0 aliphatic carbocycles. The maximum absolute atomic E-state index is 13.2. The Morgan fingerprint density at radius 2 is 1.56 bits per heavy atom.